The Bertz CT molecular complexity index is 615. The molecule has 1 aromatic carbocycles. The first kappa shape index (κ1) is 16.9. The van der Waals surface area contributed by atoms with Crippen LogP contribution >= 0.6 is 0 Å². The predicted molar refractivity (Wildman–Crippen MR) is 93.9 cm³/mol. The third-order valence-electron chi connectivity index (χ3n) is 5.43. The number of hydrogen-bond acceptors (Lipinski definition) is 4. The predicted octanol–water partition coefficient (Wildman–Crippen LogP) is 2.88. The lowest BCUT2D eigenvalue weighted by Gasteiger charge is -2.31. The van der Waals surface area contributed by atoms with E-state index in [1.165, 1.54) is 12.8 Å². The van der Waals surface area contributed by atoms with E-state index in [1.54, 1.807) is 0 Å². The molecule has 1 heterocycles. The van der Waals surface area contributed by atoms with Crippen LogP contribution in [0.25, 0.3) is 0 Å². The van der Waals surface area contributed by atoms with Crippen molar-refractivity contribution in [2.45, 2.75) is 50.9 Å². The van der Waals surface area contributed by atoms with Crippen molar-refractivity contribution in [3.05, 3.63) is 29.8 Å². The number of rotatable bonds is 6. The van der Waals surface area contributed by atoms with Crippen LogP contribution in [0.15, 0.2) is 24.3 Å². The average Bonchev–Trinajstić information content (AvgIpc) is 3.37. The summed E-state index contributed by atoms with van der Waals surface area (Å²) in [5.74, 6) is 1.51. The van der Waals surface area contributed by atoms with Crippen LogP contribution in [0.5, 0.6) is 5.75 Å². The van der Waals surface area contributed by atoms with Gasteiger partial charge in [0.15, 0.2) is 0 Å². The van der Waals surface area contributed by atoms with Crippen molar-refractivity contribution in [1.29, 1.82) is 0 Å². The molecule has 3 atom stereocenters. The minimum atomic E-state index is 0.0159. The van der Waals surface area contributed by atoms with E-state index in [1.807, 2.05) is 36.1 Å². The third kappa shape index (κ3) is 3.67. The molecular weight excluding hydrogens is 318 g/mol. The third-order valence-corrected chi connectivity index (χ3v) is 5.43. The Morgan fingerprint density at radius 3 is 2.96 bits per heavy atom. The first-order valence-electron chi connectivity index (χ1n) is 9.53. The van der Waals surface area contributed by atoms with Gasteiger partial charge in [-0.1, -0.05) is 6.07 Å². The number of fused-ring (bicyclic) bond motifs is 2. The summed E-state index contributed by atoms with van der Waals surface area (Å²) in [6, 6.07) is 7.59. The second-order valence-corrected chi connectivity index (χ2v) is 7.25. The lowest BCUT2D eigenvalue weighted by Crippen LogP contribution is -2.46. The molecule has 0 spiro atoms. The molecule has 3 fully saturated rings. The van der Waals surface area contributed by atoms with Gasteiger partial charge in [-0.3, -0.25) is 4.79 Å². The Kier molecular flexibility index (Phi) is 4.95. The summed E-state index contributed by atoms with van der Waals surface area (Å²) >= 11 is 0. The van der Waals surface area contributed by atoms with Crippen molar-refractivity contribution in [3.63, 3.8) is 0 Å². The van der Waals surface area contributed by atoms with Crippen LogP contribution in [0, 0.1) is 5.92 Å². The van der Waals surface area contributed by atoms with Gasteiger partial charge in [-0.15, -0.1) is 0 Å². The number of nitrogens with zero attached hydrogens (tertiary/aromatic N) is 1. The first-order valence-corrected chi connectivity index (χ1v) is 9.53. The van der Waals surface area contributed by atoms with Crippen LogP contribution in [0.1, 0.15) is 43.0 Å². The van der Waals surface area contributed by atoms with Crippen LogP contribution in [-0.2, 0) is 9.47 Å². The van der Waals surface area contributed by atoms with Crippen molar-refractivity contribution >= 4 is 5.91 Å². The summed E-state index contributed by atoms with van der Waals surface area (Å²) in [4.78, 5) is 15.1. The zero-order valence-electron chi connectivity index (χ0n) is 14.9. The van der Waals surface area contributed by atoms with Gasteiger partial charge in [-0.25, -0.2) is 0 Å². The van der Waals surface area contributed by atoms with Gasteiger partial charge < -0.3 is 19.1 Å². The van der Waals surface area contributed by atoms with Gasteiger partial charge in [0.2, 0.25) is 0 Å². The Balaban J connectivity index is 1.51. The molecule has 136 valence electrons. The Hall–Kier alpha value is -1.59. The second-order valence-electron chi connectivity index (χ2n) is 7.25. The largest absolute Gasteiger partial charge is 0.494 e. The molecule has 2 saturated carbocycles. The molecule has 1 aliphatic heterocycles. The van der Waals surface area contributed by atoms with Gasteiger partial charge in [0.25, 0.3) is 5.91 Å². The summed E-state index contributed by atoms with van der Waals surface area (Å²) in [5.41, 5.74) is 0.678. The smallest absolute Gasteiger partial charge is 0.254 e. The van der Waals surface area contributed by atoms with Gasteiger partial charge in [0, 0.05) is 18.7 Å². The van der Waals surface area contributed by atoms with E-state index in [2.05, 4.69) is 0 Å². The molecule has 1 saturated heterocycles. The van der Waals surface area contributed by atoms with Crippen molar-refractivity contribution in [2.75, 3.05) is 26.4 Å². The lowest BCUT2D eigenvalue weighted by molar-refractivity contribution is -0.0556. The fraction of sp³-hybridized carbons (Fsp3) is 0.650. The highest BCUT2D eigenvalue weighted by Gasteiger charge is 2.45. The van der Waals surface area contributed by atoms with Crippen molar-refractivity contribution < 1.29 is 19.0 Å². The van der Waals surface area contributed by atoms with Crippen LogP contribution in [0.2, 0.25) is 0 Å². The summed E-state index contributed by atoms with van der Waals surface area (Å²) < 4.78 is 17.7. The maximum absolute atomic E-state index is 13.2. The highest BCUT2D eigenvalue weighted by atomic mass is 16.5. The molecule has 1 aromatic rings. The van der Waals surface area contributed by atoms with E-state index >= 15 is 0 Å². The van der Waals surface area contributed by atoms with Crippen molar-refractivity contribution in [2.24, 2.45) is 5.92 Å². The minimum absolute atomic E-state index is 0.0159. The summed E-state index contributed by atoms with van der Waals surface area (Å²) in [6.07, 6.45) is 4.63. The van der Waals surface area contributed by atoms with Gasteiger partial charge in [0.05, 0.1) is 25.4 Å². The Morgan fingerprint density at radius 2 is 2.16 bits per heavy atom. The maximum Gasteiger partial charge on any atom is 0.254 e. The quantitative estimate of drug-likeness (QED) is 0.795. The van der Waals surface area contributed by atoms with Crippen molar-refractivity contribution in [3.8, 4) is 5.75 Å². The molecule has 2 bridgehead atoms. The standard InChI is InChI=1S/C20H27NO4/c1-2-23-16-5-3-4-15(12-16)20(22)21-10-11-24-18-9-8-17(21)19(18)25-13-14-6-7-14/h3-5,12,14,17-19H,2,6-11,13H2,1H3/t17-,18-,19-/m0/s1. The van der Waals surface area contributed by atoms with E-state index in [-0.39, 0.29) is 24.2 Å². The molecule has 0 radical (unpaired) electrons. The van der Waals surface area contributed by atoms with Gasteiger partial charge in [-0.05, 0) is 56.7 Å². The van der Waals surface area contributed by atoms with E-state index in [9.17, 15) is 4.79 Å². The van der Waals surface area contributed by atoms with E-state index in [0.29, 0.717) is 25.3 Å². The number of ether oxygens (including phenoxy) is 3. The molecule has 0 aromatic heterocycles. The summed E-state index contributed by atoms with van der Waals surface area (Å²) in [5, 5.41) is 0. The zero-order valence-corrected chi connectivity index (χ0v) is 14.9. The van der Waals surface area contributed by atoms with Crippen LogP contribution in [-0.4, -0.2) is 55.4 Å². The molecule has 0 unspecified atom stereocenters. The first-order chi connectivity index (χ1) is 12.3. The fourth-order valence-corrected chi connectivity index (χ4v) is 3.94. The maximum atomic E-state index is 13.2. The monoisotopic (exact) mass is 345 g/mol. The molecule has 4 rings (SSSR count). The normalized spacial score (nSPS) is 28.7. The number of benzene rings is 1. The van der Waals surface area contributed by atoms with Crippen LogP contribution in [0.3, 0.4) is 0 Å². The van der Waals surface area contributed by atoms with Crippen LogP contribution in [0.4, 0.5) is 0 Å². The summed E-state index contributed by atoms with van der Waals surface area (Å²) in [6.45, 7) is 4.56. The zero-order chi connectivity index (χ0) is 17.2. The van der Waals surface area contributed by atoms with Gasteiger partial charge in [-0.2, -0.15) is 0 Å². The van der Waals surface area contributed by atoms with E-state index in [4.69, 9.17) is 14.2 Å². The lowest BCUT2D eigenvalue weighted by atomic mass is 10.1. The molecule has 5 nitrogen and oxygen atoms in total. The topological polar surface area (TPSA) is 48.0 Å². The molecule has 3 aliphatic rings. The van der Waals surface area contributed by atoms with Gasteiger partial charge >= 0.3 is 0 Å². The number of amides is 1. The molecule has 1 amide bonds. The number of carbonyl (C=O) groups excluding carboxylic acids is 1. The van der Waals surface area contributed by atoms with E-state index < -0.39 is 0 Å². The minimum Gasteiger partial charge on any atom is -0.494 e. The molecule has 25 heavy (non-hydrogen) atoms. The second kappa shape index (κ2) is 7.34. The molecule has 5 heteroatoms. The highest BCUT2D eigenvalue weighted by Crippen LogP contribution is 2.36. The highest BCUT2D eigenvalue weighted by molar-refractivity contribution is 5.95. The van der Waals surface area contributed by atoms with Gasteiger partial charge in [0.1, 0.15) is 11.9 Å². The number of carbonyl (C=O) groups is 1. The average molecular weight is 345 g/mol. The fourth-order valence-electron chi connectivity index (χ4n) is 3.94. The molecular formula is C20H27NO4. The molecule has 0 N–H and O–H groups in total. The SMILES string of the molecule is CCOc1cccc(C(=O)N2CCO[C@H]3CC[C@H]2[C@@H]3OCC2CC2)c1. The number of hydrogen-bond donors (Lipinski definition) is 0. The van der Waals surface area contributed by atoms with Crippen LogP contribution < -0.4 is 4.74 Å². The van der Waals surface area contributed by atoms with Crippen molar-refractivity contribution in [1.82, 2.24) is 4.90 Å². The Morgan fingerprint density at radius 1 is 1.28 bits per heavy atom. The summed E-state index contributed by atoms with van der Waals surface area (Å²) in [7, 11) is 0. The van der Waals surface area contributed by atoms with E-state index in [0.717, 1.165) is 31.1 Å². The molecule has 2 aliphatic carbocycles. The Labute approximate surface area is 149 Å².